The van der Waals surface area contributed by atoms with Gasteiger partial charge in [-0.25, -0.2) is 8.42 Å². The van der Waals surface area contributed by atoms with E-state index in [4.69, 9.17) is 4.74 Å². The molecule has 1 unspecified atom stereocenters. The SMILES string of the molecule is Cl.O=S1(=O)CCC(NCc2cccc(Oc3ccccc3)c2)C1. The van der Waals surface area contributed by atoms with E-state index >= 15 is 0 Å². The van der Waals surface area contributed by atoms with Crippen molar-refractivity contribution >= 4 is 22.2 Å². The first-order valence-corrected chi connectivity index (χ1v) is 9.18. The molecule has 2 aromatic carbocycles. The maximum atomic E-state index is 11.4. The van der Waals surface area contributed by atoms with Gasteiger partial charge < -0.3 is 10.1 Å². The first-order chi connectivity index (χ1) is 10.6. The highest BCUT2D eigenvalue weighted by Crippen LogP contribution is 2.22. The number of ether oxygens (including phenoxy) is 1. The minimum Gasteiger partial charge on any atom is -0.457 e. The van der Waals surface area contributed by atoms with Crippen LogP contribution in [0.3, 0.4) is 0 Å². The van der Waals surface area contributed by atoms with Gasteiger partial charge in [0.15, 0.2) is 9.84 Å². The Morgan fingerprint density at radius 3 is 2.48 bits per heavy atom. The summed E-state index contributed by atoms with van der Waals surface area (Å²) in [6, 6.07) is 17.5. The number of benzene rings is 2. The lowest BCUT2D eigenvalue weighted by Crippen LogP contribution is -2.29. The number of rotatable bonds is 5. The molecule has 1 N–H and O–H groups in total. The lowest BCUT2D eigenvalue weighted by atomic mass is 10.2. The van der Waals surface area contributed by atoms with Gasteiger partial charge in [0.1, 0.15) is 11.5 Å². The molecule has 1 heterocycles. The number of hydrogen-bond acceptors (Lipinski definition) is 4. The van der Waals surface area contributed by atoms with E-state index in [1.807, 2.05) is 54.6 Å². The summed E-state index contributed by atoms with van der Waals surface area (Å²) in [7, 11) is -2.84. The summed E-state index contributed by atoms with van der Waals surface area (Å²) in [6.07, 6.45) is 0.697. The van der Waals surface area contributed by atoms with E-state index in [1.54, 1.807) is 0 Å². The smallest absolute Gasteiger partial charge is 0.151 e. The quantitative estimate of drug-likeness (QED) is 0.897. The van der Waals surface area contributed by atoms with Crippen LogP contribution in [0.4, 0.5) is 0 Å². The van der Waals surface area contributed by atoms with Crippen LogP contribution in [-0.4, -0.2) is 26.0 Å². The largest absolute Gasteiger partial charge is 0.457 e. The molecule has 3 rings (SSSR count). The second-order valence-corrected chi connectivity index (χ2v) is 7.77. The summed E-state index contributed by atoms with van der Waals surface area (Å²) in [5.41, 5.74) is 1.08. The Morgan fingerprint density at radius 2 is 1.78 bits per heavy atom. The van der Waals surface area contributed by atoms with Crippen LogP contribution in [0.2, 0.25) is 0 Å². The molecule has 6 heteroatoms. The van der Waals surface area contributed by atoms with Gasteiger partial charge in [0, 0.05) is 12.6 Å². The Labute approximate surface area is 143 Å². The fourth-order valence-corrected chi connectivity index (χ4v) is 4.27. The van der Waals surface area contributed by atoms with E-state index in [9.17, 15) is 8.42 Å². The molecule has 0 bridgehead atoms. The third-order valence-electron chi connectivity index (χ3n) is 3.70. The van der Waals surface area contributed by atoms with Gasteiger partial charge in [-0.15, -0.1) is 12.4 Å². The van der Waals surface area contributed by atoms with Crippen molar-refractivity contribution in [1.29, 1.82) is 0 Å². The van der Waals surface area contributed by atoms with E-state index in [1.165, 1.54) is 0 Å². The van der Waals surface area contributed by atoms with Crippen LogP contribution in [0.1, 0.15) is 12.0 Å². The molecular formula is C17H20ClNO3S. The second kappa shape index (κ2) is 7.81. The van der Waals surface area contributed by atoms with Gasteiger partial charge >= 0.3 is 0 Å². The first kappa shape index (κ1) is 17.8. The van der Waals surface area contributed by atoms with E-state index in [2.05, 4.69) is 5.32 Å². The molecule has 1 fully saturated rings. The van der Waals surface area contributed by atoms with Crippen LogP contribution < -0.4 is 10.1 Å². The number of halogens is 1. The van der Waals surface area contributed by atoms with Crippen LogP contribution in [0.5, 0.6) is 11.5 Å². The summed E-state index contributed by atoms with van der Waals surface area (Å²) < 4.78 is 28.7. The summed E-state index contributed by atoms with van der Waals surface area (Å²) in [5.74, 6) is 2.12. The van der Waals surface area contributed by atoms with Crippen LogP contribution in [-0.2, 0) is 16.4 Å². The number of para-hydroxylation sites is 1. The van der Waals surface area contributed by atoms with Crippen molar-refractivity contribution in [2.24, 2.45) is 0 Å². The molecule has 124 valence electrons. The Hall–Kier alpha value is -1.56. The zero-order valence-electron chi connectivity index (χ0n) is 12.6. The highest BCUT2D eigenvalue weighted by Gasteiger charge is 2.27. The molecule has 0 amide bonds. The third kappa shape index (κ3) is 5.23. The van der Waals surface area contributed by atoms with Gasteiger partial charge in [-0.05, 0) is 36.2 Å². The van der Waals surface area contributed by atoms with Crippen LogP contribution in [0.15, 0.2) is 54.6 Å². The Kier molecular flexibility index (Phi) is 6.04. The molecule has 0 radical (unpaired) electrons. The number of sulfone groups is 1. The average Bonchev–Trinajstić information content (AvgIpc) is 2.86. The average molecular weight is 354 g/mol. The minimum absolute atomic E-state index is 0. The number of hydrogen-bond donors (Lipinski definition) is 1. The zero-order chi connectivity index (χ0) is 15.4. The fraction of sp³-hybridized carbons (Fsp3) is 0.294. The normalized spacial score (nSPS) is 19.0. The second-order valence-electron chi connectivity index (χ2n) is 5.54. The topological polar surface area (TPSA) is 55.4 Å². The number of nitrogens with one attached hydrogen (secondary N) is 1. The molecule has 0 spiro atoms. The zero-order valence-corrected chi connectivity index (χ0v) is 14.3. The van der Waals surface area contributed by atoms with E-state index in [0.29, 0.717) is 18.7 Å². The van der Waals surface area contributed by atoms with Crippen molar-refractivity contribution in [2.45, 2.75) is 19.0 Å². The lowest BCUT2D eigenvalue weighted by Gasteiger charge is -2.12. The van der Waals surface area contributed by atoms with E-state index < -0.39 is 9.84 Å². The Balaban J connectivity index is 0.00000192. The van der Waals surface area contributed by atoms with Gasteiger partial charge in [0.25, 0.3) is 0 Å². The first-order valence-electron chi connectivity index (χ1n) is 7.36. The van der Waals surface area contributed by atoms with Crippen molar-refractivity contribution < 1.29 is 13.2 Å². The van der Waals surface area contributed by atoms with Crippen LogP contribution >= 0.6 is 12.4 Å². The molecule has 1 aliphatic rings. The minimum atomic E-state index is -2.84. The Bertz CT molecular complexity index is 735. The van der Waals surface area contributed by atoms with Crippen molar-refractivity contribution in [3.05, 3.63) is 60.2 Å². The molecule has 0 aromatic heterocycles. The summed E-state index contributed by atoms with van der Waals surface area (Å²) in [4.78, 5) is 0. The van der Waals surface area contributed by atoms with Crippen molar-refractivity contribution in [3.8, 4) is 11.5 Å². The summed E-state index contributed by atoms with van der Waals surface area (Å²) >= 11 is 0. The van der Waals surface area contributed by atoms with Crippen molar-refractivity contribution in [2.75, 3.05) is 11.5 Å². The fourth-order valence-electron chi connectivity index (χ4n) is 2.56. The maximum Gasteiger partial charge on any atom is 0.151 e. The van der Waals surface area contributed by atoms with Gasteiger partial charge in [0.05, 0.1) is 11.5 Å². The molecule has 23 heavy (non-hydrogen) atoms. The van der Waals surface area contributed by atoms with Gasteiger partial charge in [-0.1, -0.05) is 30.3 Å². The molecule has 0 saturated carbocycles. The molecule has 1 saturated heterocycles. The Morgan fingerprint density at radius 1 is 1.04 bits per heavy atom. The molecule has 4 nitrogen and oxygen atoms in total. The van der Waals surface area contributed by atoms with Crippen LogP contribution in [0.25, 0.3) is 0 Å². The lowest BCUT2D eigenvalue weighted by molar-refractivity contribution is 0.480. The van der Waals surface area contributed by atoms with E-state index in [0.717, 1.165) is 17.1 Å². The molecule has 2 aromatic rings. The van der Waals surface area contributed by atoms with Crippen LogP contribution in [0, 0.1) is 0 Å². The molecule has 1 aliphatic heterocycles. The molecule has 1 atom stereocenters. The summed E-state index contributed by atoms with van der Waals surface area (Å²) in [6.45, 7) is 0.645. The van der Waals surface area contributed by atoms with Gasteiger partial charge in [0.2, 0.25) is 0 Å². The third-order valence-corrected chi connectivity index (χ3v) is 5.47. The predicted molar refractivity (Wildman–Crippen MR) is 94.1 cm³/mol. The molecular weight excluding hydrogens is 334 g/mol. The maximum absolute atomic E-state index is 11.4. The van der Waals surface area contributed by atoms with Crippen molar-refractivity contribution in [3.63, 3.8) is 0 Å². The molecule has 0 aliphatic carbocycles. The highest BCUT2D eigenvalue weighted by molar-refractivity contribution is 7.91. The monoisotopic (exact) mass is 353 g/mol. The van der Waals surface area contributed by atoms with Gasteiger partial charge in [-0.3, -0.25) is 0 Å². The van der Waals surface area contributed by atoms with Crippen molar-refractivity contribution in [1.82, 2.24) is 5.32 Å². The van der Waals surface area contributed by atoms with Gasteiger partial charge in [-0.2, -0.15) is 0 Å². The van der Waals surface area contributed by atoms with E-state index in [-0.39, 0.29) is 24.2 Å². The highest BCUT2D eigenvalue weighted by atomic mass is 35.5. The predicted octanol–water partition coefficient (Wildman–Crippen LogP) is 3.18. The standard InChI is InChI=1S/C17H19NO3S.ClH/c19-22(20)10-9-15(13-22)18-12-14-5-4-8-17(11-14)21-16-6-2-1-3-7-16;/h1-8,11,15,18H,9-10,12-13H2;1H. The summed E-state index contributed by atoms with van der Waals surface area (Å²) in [5, 5.41) is 3.31.